The molecule has 0 atom stereocenters. The predicted octanol–water partition coefficient (Wildman–Crippen LogP) is 5.24. The van der Waals surface area contributed by atoms with Gasteiger partial charge in [0.05, 0.1) is 12.3 Å². The quantitative estimate of drug-likeness (QED) is 0.556. The van der Waals surface area contributed by atoms with E-state index in [1.807, 2.05) is 67.6 Å². The van der Waals surface area contributed by atoms with Crippen molar-refractivity contribution in [2.45, 2.75) is 6.92 Å². The number of hydrogen-bond donors (Lipinski definition) is 1. The maximum absolute atomic E-state index is 12.7. The molecular weight excluding hydrogens is 314 g/mol. The molecule has 0 saturated heterocycles. The number of para-hydroxylation sites is 3. The fourth-order valence-electron chi connectivity index (χ4n) is 2.91. The molecule has 0 fully saturated rings. The van der Waals surface area contributed by atoms with Crippen molar-refractivity contribution in [2.75, 3.05) is 11.9 Å². The van der Waals surface area contributed by atoms with Gasteiger partial charge in [0, 0.05) is 16.3 Å². The van der Waals surface area contributed by atoms with E-state index in [1.54, 1.807) is 6.07 Å². The summed E-state index contributed by atoms with van der Waals surface area (Å²) in [6, 6.07) is 20.7. The molecular formula is C21H17NO3. The Bertz CT molecular complexity index is 1070. The average molecular weight is 331 g/mol. The molecule has 4 nitrogen and oxygen atoms in total. The summed E-state index contributed by atoms with van der Waals surface area (Å²) in [5, 5.41) is 4.86. The number of ether oxygens (including phenoxy) is 1. The van der Waals surface area contributed by atoms with Crippen LogP contribution >= 0.6 is 0 Å². The van der Waals surface area contributed by atoms with Gasteiger partial charge >= 0.3 is 0 Å². The van der Waals surface area contributed by atoms with Crippen LogP contribution in [0.3, 0.4) is 0 Å². The summed E-state index contributed by atoms with van der Waals surface area (Å²) in [5.74, 6) is 0.479. The molecule has 1 aromatic heterocycles. The van der Waals surface area contributed by atoms with Gasteiger partial charge in [-0.25, -0.2) is 0 Å². The van der Waals surface area contributed by atoms with Gasteiger partial charge in [0.1, 0.15) is 16.9 Å². The molecule has 4 aromatic rings. The molecule has 3 aromatic carbocycles. The van der Waals surface area contributed by atoms with Gasteiger partial charge in [0.15, 0.2) is 0 Å². The number of amides is 1. The highest BCUT2D eigenvalue weighted by Crippen LogP contribution is 2.30. The summed E-state index contributed by atoms with van der Waals surface area (Å²) in [6.07, 6.45) is 0. The SMILES string of the molecule is CCOc1ccccc1NC(=O)c1ccc2oc3ccccc3c2c1. The molecule has 124 valence electrons. The van der Waals surface area contributed by atoms with Crippen molar-refractivity contribution < 1.29 is 13.9 Å². The Kier molecular flexibility index (Phi) is 3.86. The van der Waals surface area contributed by atoms with E-state index >= 15 is 0 Å². The zero-order chi connectivity index (χ0) is 17.2. The number of rotatable bonds is 4. The summed E-state index contributed by atoms with van der Waals surface area (Å²) < 4.78 is 11.4. The first-order valence-corrected chi connectivity index (χ1v) is 8.21. The summed E-state index contributed by atoms with van der Waals surface area (Å²) in [4.78, 5) is 12.7. The Labute approximate surface area is 145 Å². The van der Waals surface area contributed by atoms with E-state index in [1.165, 1.54) is 0 Å². The fraction of sp³-hybridized carbons (Fsp3) is 0.0952. The molecule has 0 aliphatic carbocycles. The fourth-order valence-corrected chi connectivity index (χ4v) is 2.91. The van der Waals surface area contributed by atoms with E-state index in [9.17, 15) is 4.79 Å². The van der Waals surface area contributed by atoms with E-state index in [0.29, 0.717) is 23.6 Å². The van der Waals surface area contributed by atoms with Crippen molar-refractivity contribution in [3.63, 3.8) is 0 Å². The molecule has 1 heterocycles. The van der Waals surface area contributed by atoms with Gasteiger partial charge in [0.2, 0.25) is 0 Å². The van der Waals surface area contributed by atoms with Crippen LogP contribution in [0.5, 0.6) is 5.75 Å². The second-order valence-corrected chi connectivity index (χ2v) is 5.69. The maximum atomic E-state index is 12.7. The number of furan rings is 1. The molecule has 0 bridgehead atoms. The zero-order valence-electron chi connectivity index (χ0n) is 13.8. The van der Waals surface area contributed by atoms with E-state index in [-0.39, 0.29) is 5.91 Å². The largest absolute Gasteiger partial charge is 0.492 e. The van der Waals surface area contributed by atoms with Crippen LogP contribution in [0.4, 0.5) is 5.69 Å². The lowest BCUT2D eigenvalue weighted by atomic mass is 10.1. The third-order valence-corrected chi connectivity index (χ3v) is 4.07. The van der Waals surface area contributed by atoms with Crippen LogP contribution in [0, 0.1) is 0 Å². The number of nitrogens with one attached hydrogen (secondary N) is 1. The van der Waals surface area contributed by atoms with Crippen molar-refractivity contribution in [3.8, 4) is 5.75 Å². The number of carbonyl (C=O) groups excluding carboxylic acids is 1. The topological polar surface area (TPSA) is 51.5 Å². The van der Waals surface area contributed by atoms with Gasteiger partial charge in [-0.3, -0.25) is 4.79 Å². The molecule has 1 amide bonds. The lowest BCUT2D eigenvalue weighted by molar-refractivity contribution is 0.102. The molecule has 0 unspecified atom stereocenters. The zero-order valence-corrected chi connectivity index (χ0v) is 13.8. The minimum atomic E-state index is -0.181. The van der Waals surface area contributed by atoms with E-state index in [0.717, 1.165) is 21.9 Å². The molecule has 0 aliphatic heterocycles. The lowest BCUT2D eigenvalue weighted by Gasteiger charge is -2.11. The number of fused-ring (bicyclic) bond motifs is 3. The highest BCUT2D eigenvalue weighted by atomic mass is 16.5. The van der Waals surface area contributed by atoms with Crippen LogP contribution in [0.15, 0.2) is 71.1 Å². The van der Waals surface area contributed by atoms with Gasteiger partial charge in [0.25, 0.3) is 5.91 Å². The van der Waals surface area contributed by atoms with Crippen LogP contribution in [-0.4, -0.2) is 12.5 Å². The third-order valence-electron chi connectivity index (χ3n) is 4.07. The van der Waals surface area contributed by atoms with E-state index in [4.69, 9.17) is 9.15 Å². The molecule has 0 radical (unpaired) electrons. The van der Waals surface area contributed by atoms with Crippen LogP contribution < -0.4 is 10.1 Å². The molecule has 4 rings (SSSR count). The Morgan fingerprint density at radius 1 is 0.960 bits per heavy atom. The Morgan fingerprint density at radius 2 is 1.72 bits per heavy atom. The first kappa shape index (κ1) is 15.3. The van der Waals surface area contributed by atoms with Gasteiger partial charge in [-0.15, -0.1) is 0 Å². The normalized spacial score (nSPS) is 10.9. The van der Waals surface area contributed by atoms with Crippen LogP contribution in [0.2, 0.25) is 0 Å². The second kappa shape index (κ2) is 6.32. The number of benzene rings is 3. The van der Waals surface area contributed by atoms with Crippen LogP contribution in [0.25, 0.3) is 21.9 Å². The summed E-state index contributed by atoms with van der Waals surface area (Å²) >= 11 is 0. The van der Waals surface area contributed by atoms with Crippen LogP contribution in [0.1, 0.15) is 17.3 Å². The smallest absolute Gasteiger partial charge is 0.255 e. The standard InChI is InChI=1S/C21H17NO3/c1-2-24-20-10-6-4-8-17(20)22-21(23)14-11-12-19-16(13-14)15-7-3-5-9-18(15)25-19/h3-13H,2H2,1H3,(H,22,23). The number of hydrogen-bond acceptors (Lipinski definition) is 3. The molecule has 1 N–H and O–H groups in total. The van der Waals surface area contributed by atoms with E-state index < -0.39 is 0 Å². The summed E-state index contributed by atoms with van der Waals surface area (Å²) in [7, 11) is 0. The van der Waals surface area contributed by atoms with Gasteiger partial charge in [-0.2, -0.15) is 0 Å². The van der Waals surface area contributed by atoms with Gasteiger partial charge in [-0.05, 0) is 43.3 Å². The Morgan fingerprint density at radius 3 is 2.60 bits per heavy atom. The summed E-state index contributed by atoms with van der Waals surface area (Å²) in [5.41, 5.74) is 2.82. The maximum Gasteiger partial charge on any atom is 0.255 e. The highest BCUT2D eigenvalue weighted by molar-refractivity contribution is 6.11. The second-order valence-electron chi connectivity index (χ2n) is 5.69. The van der Waals surface area contributed by atoms with Crippen LogP contribution in [-0.2, 0) is 0 Å². The van der Waals surface area contributed by atoms with Crippen molar-refractivity contribution in [2.24, 2.45) is 0 Å². The summed E-state index contributed by atoms with van der Waals surface area (Å²) in [6.45, 7) is 2.45. The molecule has 0 spiro atoms. The number of carbonyl (C=O) groups is 1. The molecule has 4 heteroatoms. The minimum absolute atomic E-state index is 0.181. The molecule has 25 heavy (non-hydrogen) atoms. The van der Waals surface area contributed by atoms with Gasteiger partial charge < -0.3 is 14.5 Å². The van der Waals surface area contributed by atoms with Crippen molar-refractivity contribution in [1.29, 1.82) is 0 Å². The highest BCUT2D eigenvalue weighted by Gasteiger charge is 2.13. The van der Waals surface area contributed by atoms with Crippen molar-refractivity contribution in [1.82, 2.24) is 0 Å². The predicted molar refractivity (Wildman–Crippen MR) is 99.3 cm³/mol. The Hall–Kier alpha value is -3.27. The van der Waals surface area contributed by atoms with E-state index in [2.05, 4.69) is 5.32 Å². The lowest BCUT2D eigenvalue weighted by Crippen LogP contribution is -2.12. The first-order chi connectivity index (χ1) is 12.3. The van der Waals surface area contributed by atoms with Crippen molar-refractivity contribution >= 4 is 33.5 Å². The Balaban J connectivity index is 1.69. The van der Waals surface area contributed by atoms with Crippen molar-refractivity contribution in [3.05, 3.63) is 72.3 Å². The molecule has 0 saturated carbocycles. The number of anilines is 1. The minimum Gasteiger partial charge on any atom is -0.492 e. The average Bonchev–Trinajstić information content (AvgIpc) is 3.01. The molecule has 0 aliphatic rings. The monoisotopic (exact) mass is 331 g/mol. The first-order valence-electron chi connectivity index (χ1n) is 8.21. The third kappa shape index (κ3) is 2.83. The van der Waals surface area contributed by atoms with Gasteiger partial charge in [-0.1, -0.05) is 30.3 Å².